The van der Waals surface area contributed by atoms with Gasteiger partial charge in [0, 0.05) is 32.0 Å². The summed E-state index contributed by atoms with van der Waals surface area (Å²) < 4.78 is 10.6. The lowest BCUT2D eigenvalue weighted by Gasteiger charge is -2.05. The Bertz CT molecular complexity index is 512. The minimum absolute atomic E-state index is 0.0675. The van der Waals surface area contributed by atoms with Crippen molar-refractivity contribution in [3.8, 4) is 0 Å². The fourth-order valence-corrected chi connectivity index (χ4v) is 1.87. The fraction of sp³-hybridized carbons (Fsp3) is 0.375. The first kappa shape index (κ1) is 15.3. The van der Waals surface area contributed by atoms with Gasteiger partial charge in [0.05, 0.1) is 6.26 Å². The van der Waals surface area contributed by atoms with Crippen molar-refractivity contribution in [3.05, 3.63) is 54.2 Å². The average molecular weight is 288 g/mol. The normalized spacial score (nSPS) is 10.5. The Balaban J connectivity index is 1.47. The van der Waals surface area contributed by atoms with Crippen LogP contribution in [0.4, 0.5) is 0 Å². The molecule has 2 aromatic rings. The Morgan fingerprint density at radius 3 is 2.90 bits per heavy atom. The van der Waals surface area contributed by atoms with E-state index in [1.807, 2.05) is 24.3 Å². The highest BCUT2D eigenvalue weighted by molar-refractivity contribution is 5.76. The van der Waals surface area contributed by atoms with Crippen molar-refractivity contribution < 1.29 is 13.9 Å². The maximum absolute atomic E-state index is 11.7. The zero-order valence-corrected chi connectivity index (χ0v) is 12.0. The second-order valence-electron chi connectivity index (χ2n) is 4.69. The molecule has 0 bridgehead atoms. The zero-order valence-electron chi connectivity index (χ0n) is 12.0. The van der Waals surface area contributed by atoms with E-state index < -0.39 is 0 Å². The van der Waals surface area contributed by atoms with Crippen molar-refractivity contribution in [2.45, 2.75) is 25.9 Å². The molecule has 0 aliphatic heterocycles. The number of ether oxygens (including phenoxy) is 1. The SMILES string of the molecule is O=C(CCc1ccncc1)NCCCOCc1ccco1. The number of furan rings is 1. The standard InChI is InChI=1S/C16H20N2O3/c19-16(5-4-14-6-9-17-10-7-14)18-8-2-11-20-13-15-3-1-12-21-15/h1,3,6-7,9-10,12H,2,4-5,8,11,13H2,(H,18,19). The van der Waals surface area contributed by atoms with Crippen LogP contribution in [0.5, 0.6) is 0 Å². The molecule has 112 valence electrons. The average Bonchev–Trinajstić information content (AvgIpc) is 3.03. The lowest BCUT2D eigenvalue weighted by molar-refractivity contribution is -0.121. The molecule has 2 heterocycles. The molecule has 0 aliphatic carbocycles. The molecule has 0 spiro atoms. The summed E-state index contributed by atoms with van der Waals surface area (Å²) in [7, 11) is 0. The number of carbonyl (C=O) groups is 1. The summed E-state index contributed by atoms with van der Waals surface area (Å²) in [5, 5.41) is 2.89. The van der Waals surface area contributed by atoms with Gasteiger partial charge in [-0.3, -0.25) is 9.78 Å². The van der Waals surface area contributed by atoms with Crippen LogP contribution >= 0.6 is 0 Å². The van der Waals surface area contributed by atoms with E-state index in [0.29, 0.717) is 26.2 Å². The van der Waals surface area contributed by atoms with E-state index in [4.69, 9.17) is 9.15 Å². The lowest BCUT2D eigenvalue weighted by atomic mass is 10.1. The van der Waals surface area contributed by atoms with Gasteiger partial charge in [-0.15, -0.1) is 0 Å². The molecule has 1 N–H and O–H groups in total. The first-order valence-electron chi connectivity index (χ1n) is 7.10. The van der Waals surface area contributed by atoms with Crippen LogP contribution in [0.2, 0.25) is 0 Å². The molecule has 0 atom stereocenters. The van der Waals surface area contributed by atoms with Gasteiger partial charge in [-0.25, -0.2) is 0 Å². The number of nitrogens with one attached hydrogen (secondary N) is 1. The molecule has 0 saturated heterocycles. The van der Waals surface area contributed by atoms with Crippen molar-refractivity contribution in [1.29, 1.82) is 0 Å². The molecule has 5 nitrogen and oxygen atoms in total. The molecule has 0 unspecified atom stereocenters. The summed E-state index contributed by atoms with van der Waals surface area (Å²) in [6.45, 7) is 1.71. The van der Waals surface area contributed by atoms with Gasteiger partial charge >= 0.3 is 0 Å². The van der Waals surface area contributed by atoms with Crippen LogP contribution in [0.25, 0.3) is 0 Å². The Morgan fingerprint density at radius 2 is 2.14 bits per heavy atom. The molecule has 0 saturated carbocycles. The zero-order chi connectivity index (χ0) is 14.8. The van der Waals surface area contributed by atoms with E-state index in [9.17, 15) is 4.79 Å². The van der Waals surface area contributed by atoms with Crippen LogP contribution in [0, 0.1) is 0 Å². The molecular weight excluding hydrogens is 268 g/mol. The van der Waals surface area contributed by atoms with E-state index in [0.717, 1.165) is 24.2 Å². The van der Waals surface area contributed by atoms with E-state index in [-0.39, 0.29) is 5.91 Å². The van der Waals surface area contributed by atoms with Crippen molar-refractivity contribution in [2.75, 3.05) is 13.2 Å². The Morgan fingerprint density at radius 1 is 1.29 bits per heavy atom. The van der Waals surface area contributed by atoms with Gasteiger partial charge < -0.3 is 14.5 Å². The fourth-order valence-electron chi connectivity index (χ4n) is 1.87. The molecular formula is C16H20N2O3. The van der Waals surface area contributed by atoms with Crippen molar-refractivity contribution >= 4 is 5.91 Å². The van der Waals surface area contributed by atoms with Crippen LogP contribution in [0.15, 0.2) is 47.3 Å². The highest BCUT2D eigenvalue weighted by Gasteiger charge is 2.01. The number of aryl methyl sites for hydroxylation is 1. The van der Waals surface area contributed by atoms with Crippen LogP contribution in [-0.4, -0.2) is 24.0 Å². The number of pyridine rings is 1. The maximum Gasteiger partial charge on any atom is 0.220 e. The van der Waals surface area contributed by atoms with Crippen LogP contribution in [0.3, 0.4) is 0 Å². The van der Waals surface area contributed by atoms with E-state index in [1.165, 1.54) is 0 Å². The van der Waals surface area contributed by atoms with Crippen LogP contribution in [0.1, 0.15) is 24.2 Å². The quantitative estimate of drug-likeness (QED) is 0.719. The van der Waals surface area contributed by atoms with Crippen molar-refractivity contribution in [1.82, 2.24) is 10.3 Å². The monoisotopic (exact) mass is 288 g/mol. The van der Waals surface area contributed by atoms with Crippen LogP contribution in [-0.2, 0) is 22.6 Å². The van der Waals surface area contributed by atoms with Crippen molar-refractivity contribution in [2.24, 2.45) is 0 Å². The summed E-state index contributed by atoms with van der Waals surface area (Å²) in [4.78, 5) is 15.6. The summed E-state index contributed by atoms with van der Waals surface area (Å²) in [6.07, 6.45) is 7.14. The molecule has 1 amide bonds. The summed E-state index contributed by atoms with van der Waals surface area (Å²) >= 11 is 0. The largest absolute Gasteiger partial charge is 0.467 e. The number of rotatable bonds is 9. The molecule has 0 fully saturated rings. The van der Waals surface area contributed by atoms with Gasteiger partial charge in [0.2, 0.25) is 5.91 Å². The highest BCUT2D eigenvalue weighted by Crippen LogP contribution is 2.02. The Hall–Kier alpha value is -2.14. The number of carbonyl (C=O) groups excluding carboxylic acids is 1. The maximum atomic E-state index is 11.7. The number of amides is 1. The minimum atomic E-state index is 0.0675. The van der Waals surface area contributed by atoms with E-state index in [1.54, 1.807) is 18.7 Å². The van der Waals surface area contributed by atoms with Gasteiger partial charge in [-0.1, -0.05) is 0 Å². The highest BCUT2D eigenvalue weighted by atomic mass is 16.5. The van der Waals surface area contributed by atoms with Crippen molar-refractivity contribution in [3.63, 3.8) is 0 Å². The lowest BCUT2D eigenvalue weighted by Crippen LogP contribution is -2.25. The third kappa shape index (κ3) is 6.23. The van der Waals surface area contributed by atoms with Gasteiger partial charge in [-0.2, -0.15) is 0 Å². The number of hydrogen-bond donors (Lipinski definition) is 1. The third-order valence-corrected chi connectivity index (χ3v) is 3.00. The Kier molecular flexibility index (Phi) is 6.48. The predicted octanol–water partition coefficient (Wildman–Crippen LogP) is 2.33. The van der Waals surface area contributed by atoms with Gasteiger partial charge in [-0.05, 0) is 42.7 Å². The van der Waals surface area contributed by atoms with E-state index in [2.05, 4.69) is 10.3 Å². The smallest absolute Gasteiger partial charge is 0.220 e. The van der Waals surface area contributed by atoms with Crippen LogP contribution < -0.4 is 5.32 Å². The number of nitrogens with zero attached hydrogens (tertiary/aromatic N) is 1. The predicted molar refractivity (Wildman–Crippen MR) is 78.5 cm³/mol. The number of hydrogen-bond acceptors (Lipinski definition) is 4. The second kappa shape index (κ2) is 8.92. The molecule has 5 heteroatoms. The molecule has 21 heavy (non-hydrogen) atoms. The number of aromatic nitrogens is 1. The Labute approximate surface area is 124 Å². The third-order valence-electron chi connectivity index (χ3n) is 3.00. The van der Waals surface area contributed by atoms with Gasteiger partial charge in [0.15, 0.2) is 0 Å². The van der Waals surface area contributed by atoms with Gasteiger partial charge in [0.25, 0.3) is 0 Å². The molecule has 0 radical (unpaired) electrons. The topological polar surface area (TPSA) is 64.4 Å². The minimum Gasteiger partial charge on any atom is -0.467 e. The first-order valence-corrected chi connectivity index (χ1v) is 7.10. The summed E-state index contributed by atoms with van der Waals surface area (Å²) in [5.41, 5.74) is 1.13. The van der Waals surface area contributed by atoms with E-state index >= 15 is 0 Å². The van der Waals surface area contributed by atoms with Gasteiger partial charge in [0.1, 0.15) is 12.4 Å². The molecule has 2 rings (SSSR count). The summed E-state index contributed by atoms with van der Waals surface area (Å²) in [5.74, 6) is 0.884. The molecule has 0 aromatic carbocycles. The first-order chi connectivity index (χ1) is 10.3. The second-order valence-corrected chi connectivity index (χ2v) is 4.69. The summed E-state index contributed by atoms with van der Waals surface area (Å²) in [6, 6.07) is 7.56. The molecule has 0 aliphatic rings. The molecule has 2 aromatic heterocycles.